The lowest BCUT2D eigenvalue weighted by Gasteiger charge is -2.32. The van der Waals surface area contributed by atoms with Crippen LogP contribution in [0.25, 0.3) is 0 Å². The van der Waals surface area contributed by atoms with Crippen molar-refractivity contribution in [3.05, 3.63) is 15.6 Å². The first-order valence-corrected chi connectivity index (χ1v) is 10.3. The Balaban J connectivity index is 1.55. The minimum atomic E-state index is -0.239. The Labute approximate surface area is 163 Å². The maximum absolute atomic E-state index is 12.8. The SMILES string of the molecule is COCCN1CC(C(=O)N2CCC(c3nc(C)c(C(C)=O)s3)CC2)CC1=O. The lowest BCUT2D eigenvalue weighted by atomic mass is 9.96. The lowest BCUT2D eigenvalue weighted by molar-refractivity contribution is -0.136. The van der Waals surface area contributed by atoms with Gasteiger partial charge in [0.2, 0.25) is 11.8 Å². The molecule has 1 atom stereocenters. The second-order valence-corrected chi connectivity index (χ2v) is 8.39. The summed E-state index contributed by atoms with van der Waals surface area (Å²) in [7, 11) is 1.61. The first kappa shape index (κ1) is 19.9. The summed E-state index contributed by atoms with van der Waals surface area (Å²) >= 11 is 1.49. The Bertz CT molecular complexity index is 725. The molecule has 27 heavy (non-hydrogen) atoms. The highest BCUT2D eigenvalue weighted by Crippen LogP contribution is 2.33. The quantitative estimate of drug-likeness (QED) is 0.689. The first-order valence-electron chi connectivity index (χ1n) is 9.44. The number of hydrogen-bond acceptors (Lipinski definition) is 6. The second-order valence-electron chi connectivity index (χ2n) is 7.36. The fourth-order valence-electron chi connectivity index (χ4n) is 3.88. The molecule has 2 aliphatic rings. The Morgan fingerprint density at radius 3 is 2.59 bits per heavy atom. The standard InChI is InChI=1S/C19H27N3O4S/c1-12-17(13(2)23)27-18(20-12)14-4-6-21(7-5-14)19(25)15-10-16(24)22(11-15)8-9-26-3/h14-15H,4-11H2,1-3H3. The van der Waals surface area contributed by atoms with Gasteiger partial charge in [-0.1, -0.05) is 0 Å². The summed E-state index contributed by atoms with van der Waals surface area (Å²) in [6.45, 7) is 6.35. The number of aryl methyl sites for hydroxylation is 1. The average molecular weight is 394 g/mol. The number of methoxy groups -OCH3 is 1. The summed E-state index contributed by atoms with van der Waals surface area (Å²) in [5.74, 6) is 0.246. The molecule has 1 aromatic heterocycles. The molecule has 148 valence electrons. The number of likely N-dealkylation sites (tertiary alicyclic amines) is 2. The maximum atomic E-state index is 12.8. The van der Waals surface area contributed by atoms with Gasteiger partial charge >= 0.3 is 0 Å². The number of thiazole rings is 1. The molecule has 0 bridgehead atoms. The number of hydrogen-bond donors (Lipinski definition) is 0. The Kier molecular flexibility index (Phi) is 6.26. The molecule has 2 fully saturated rings. The number of rotatable bonds is 6. The molecule has 0 saturated carbocycles. The van der Waals surface area contributed by atoms with E-state index < -0.39 is 0 Å². The van der Waals surface area contributed by atoms with E-state index in [-0.39, 0.29) is 23.5 Å². The van der Waals surface area contributed by atoms with Gasteiger partial charge in [-0.25, -0.2) is 4.98 Å². The van der Waals surface area contributed by atoms with Crippen LogP contribution in [0.15, 0.2) is 0 Å². The third-order valence-electron chi connectivity index (χ3n) is 5.42. The minimum Gasteiger partial charge on any atom is -0.383 e. The van der Waals surface area contributed by atoms with Crippen LogP contribution in [0.4, 0.5) is 0 Å². The predicted octanol–water partition coefficient (Wildman–Crippen LogP) is 1.86. The molecule has 1 aromatic rings. The van der Waals surface area contributed by atoms with Gasteiger partial charge in [0.05, 0.1) is 28.1 Å². The third kappa shape index (κ3) is 4.38. The van der Waals surface area contributed by atoms with Gasteiger partial charge in [0.25, 0.3) is 0 Å². The van der Waals surface area contributed by atoms with Crippen molar-refractivity contribution in [3.8, 4) is 0 Å². The Morgan fingerprint density at radius 2 is 2.00 bits per heavy atom. The molecular weight excluding hydrogens is 366 g/mol. The van der Waals surface area contributed by atoms with Gasteiger partial charge in [-0.15, -0.1) is 11.3 Å². The highest BCUT2D eigenvalue weighted by atomic mass is 32.1. The van der Waals surface area contributed by atoms with Gasteiger partial charge in [-0.3, -0.25) is 14.4 Å². The summed E-state index contributed by atoms with van der Waals surface area (Å²) in [6.07, 6.45) is 2.00. The number of piperidine rings is 1. The highest BCUT2D eigenvalue weighted by molar-refractivity contribution is 7.13. The molecule has 0 spiro atoms. The lowest BCUT2D eigenvalue weighted by Crippen LogP contribution is -2.42. The summed E-state index contributed by atoms with van der Waals surface area (Å²) in [5, 5.41) is 1.01. The van der Waals surface area contributed by atoms with E-state index in [0.29, 0.717) is 45.1 Å². The summed E-state index contributed by atoms with van der Waals surface area (Å²) < 4.78 is 5.03. The predicted molar refractivity (Wildman–Crippen MR) is 102 cm³/mol. The number of ketones is 1. The topological polar surface area (TPSA) is 79.8 Å². The molecule has 0 N–H and O–H groups in total. The van der Waals surface area contributed by atoms with Gasteiger partial charge < -0.3 is 14.5 Å². The molecule has 3 heterocycles. The normalized spacial score (nSPS) is 21.1. The Hall–Kier alpha value is -1.80. The van der Waals surface area contributed by atoms with Crippen molar-refractivity contribution in [3.63, 3.8) is 0 Å². The van der Waals surface area contributed by atoms with Crippen LogP contribution < -0.4 is 0 Å². The zero-order valence-electron chi connectivity index (χ0n) is 16.2. The van der Waals surface area contributed by atoms with Gasteiger partial charge in [0.15, 0.2) is 5.78 Å². The number of nitrogens with zero attached hydrogens (tertiary/aromatic N) is 3. The van der Waals surface area contributed by atoms with Crippen molar-refractivity contribution in [2.45, 2.75) is 39.0 Å². The maximum Gasteiger partial charge on any atom is 0.227 e. The van der Waals surface area contributed by atoms with Crippen LogP contribution in [0.1, 0.15) is 52.5 Å². The van der Waals surface area contributed by atoms with Crippen molar-refractivity contribution in [1.29, 1.82) is 0 Å². The van der Waals surface area contributed by atoms with Gasteiger partial charge in [0, 0.05) is 52.6 Å². The molecule has 2 saturated heterocycles. The van der Waals surface area contributed by atoms with Crippen LogP contribution >= 0.6 is 11.3 Å². The van der Waals surface area contributed by atoms with Crippen LogP contribution in [0.2, 0.25) is 0 Å². The molecule has 0 aromatic carbocycles. The molecular formula is C19H27N3O4S. The molecule has 3 rings (SSSR count). The Morgan fingerprint density at radius 1 is 1.30 bits per heavy atom. The van der Waals surface area contributed by atoms with Crippen molar-refractivity contribution >= 4 is 28.9 Å². The number of carbonyl (C=O) groups is 3. The van der Waals surface area contributed by atoms with E-state index in [0.717, 1.165) is 28.4 Å². The average Bonchev–Trinajstić information content (AvgIpc) is 3.22. The zero-order valence-corrected chi connectivity index (χ0v) is 17.0. The van der Waals surface area contributed by atoms with Crippen molar-refractivity contribution in [1.82, 2.24) is 14.8 Å². The zero-order chi connectivity index (χ0) is 19.6. The van der Waals surface area contributed by atoms with Crippen LogP contribution in [0, 0.1) is 12.8 Å². The number of Topliss-reactive ketones (excluding diaryl/α,β-unsaturated/α-hetero) is 1. The number of amides is 2. The van der Waals surface area contributed by atoms with Crippen LogP contribution in [0.5, 0.6) is 0 Å². The van der Waals surface area contributed by atoms with Gasteiger partial charge in [0.1, 0.15) is 0 Å². The van der Waals surface area contributed by atoms with Crippen LogP contribution in [0.3, 0.4) is 0 Å². The fourth-order valence-corrected chi connectivity index (χ4v) is 5.01. The van der Waals surface area contributed by atoms with E-state index in [1.807, 2.05) is 11.8 Å². The molecule has 2 aliphatic heterocycles. The van der Waals surface area contributed by atoms with Crippen LogP contribution in [-0.4, -0.2) is 72.3 Å². The molecule has 2 amide bonds. The van der Waals surface area contributed by atoms with Gasteiger partial charge in [-0.05, 0) is 19.8 Å². The minimum absolute atomic E-state index is 0.0373. The molecule has 8 heteroatoms. The highest BCUT2D eigenvalue weighted by Gasteiger charge is 2.37. The largest absolute Gasteiger partial charge is 0.383 e. The number of aromatic nitrogens is 1. The van der Waals surface area contributed by atoms with Gasteiger partial charge in [-0.2, -0.15) is 0 Å². The summed E-state index contributed by atoms with van der Waals surface area (Å²) in [5.41, 5.74) is 0.807. The monoisotopic (exact) mass is 393 g/mol. The van der Waals surface area contributed by atoms with Crippen LogP contribution in [-0.2, 0) is 14.3 Å². The van der Waals surface area contributed by atoms with E-state index in [1.54, 1.807) is 18.9 Å². The van der Waals surface area contributed by atoms with E-state index in [9.17, 15) is 14.4 Å². The van der Waals surface area contributed by atoms with E-state index in [4.69, 9.17) is 4.74 Å². The van der Waals surface area contributed by atoms with E-state index >= 15 is 0 Å². The number of carbonyl (C=O) groups excluding carboxylic acids is 3. The van der Waals surface area contributed by atoms with E-state index in [1.165, 1.54) is 11.3 Å². The van der Waals surface area contributed by atoms with Crippen molar-refractivity contribution in [2.75, 3.05) is 39.9 Å². The van der Waals surface area contributed by atoms with Crippen molar-refractivity contribution in [2.24, 2.45) is 5.92 Å². The first-order chi connectivity index (χ1) is 12.9. The number of ether oxygens (including phenoxy) is 1. The summed E-state index contributed by atoms with van der Waals surface area (Å²) in [6, 6.07) is 0. The second kappa shape index (κ2) is 8.48. The fraction of sp³-hybridized carbons (Fsp3) is 0.684. The molecule has 0 aliphatic carbocycles. The third-order valence-corrected chi connectivity index (χ3v) is 6.84. The molecule has 0 radical (unpaired) electrons. The molecule has 7 nitrogen and oxygen atoms in total. The summed E-state index contributed by atoms with van der Waals surface area (Å²) in [4.78, 5) is 45.5. The molecule has 1 unspecified atom stereocenters. The van der Waals surface area contributed by atoms with E-state index in [2.05, 4.69) is 4.98 Å². The smallest absolute Gasteiger partial charge is 0.227 e. The van der Waals surface area contributed by atoms with Crippen molar-refractivity contribution < 1.29 is 19.1 Å².